The fraction of sp³-hybridized carbons (Fsp3) is 0.240. The monoisotopic (exact) mass is 452 g/mol. The number of rotatable bonds is 4. The van der Waals surface area contributed by atoms with Gasteiger partial charge in [0.2, 0.25) is 0 Å². The van der Waals surface area contributed by atoms with Gasteiger partial charge in [0.15, 0.2) is 5.82 Å². The summed E-state index contributed by atoms with van der Waals surface area (Å²) in [5, 5.41) is 4.72. The van der Waals surface area contributed by atoms with Crippen molar-refractivity contribution >= 4 is 17.1 Å². The molecule has 0 N–H and O–H groups in total. The molecule has 4 aromatic rings. The lowest BCUT2D eigenvalue weighted by Gasteiger charge is -2.13. The molecule has 4 rings (SSSR count). The molecule has 2 aromatic heterocycles. The highest BCUT2D eigenvalue weighted by molar-refractivity contribution is 5.83. The molecule has 5 nitrogen and oxygen atoms in total. The number of para-hydroxylation sites is 1. The van der Waals surface area contributed by atoms with E-state index in [0.717, 1.165) is 33.8 Å². The summed E-state index contributed by atoms with van der Waals surface area (Å²) in [6, 6.07) is 13.7. The number of hydrogen-bond donors (Lipinski definition) is 0. The summed E-state index contributed by atoms with van der Waals surface area (Å²) in [6.45, 7) is 8.10. The highest BCUT2D eigenvalue weighted by atomic mass is 19.4. The molecular formula is C25H23F3N4O. The molecule has 170 valence electrons. The normalized spacial score (nSPS) is 12.4. The van der Waals surface area contributed by atoms with Crippen LogP contribution in [-0.2, 0) is 6.18 Å². The number of benzene rings is 2. The minimum absolute atomic E-state index is 0.0405. The molecular weight excluding hydrogens is 429 g/mol. The van der Waals surface area contributed by atoms with Crippen molar-refractivity contribution in [2.75, 3.05) is 0 Å². The van der Waals surface area contributed by atoms with Gasteiger partial charge in [0, 0.05) is 28.6 Å². The van der Waals surface area contributed by atoms with Gasteiger partial charge in [-0.25, -0.2) is 4.98 Å². The SMILES string of the molecule is Cc1cc(C=Nn2c(-c3cccc(C(F)(F)F)c3)nc3ccccc3c2=O)c(C)n1C(C)C. The number of aromatic nitrogens is 3. The van der Waals surface area contributed by atoms with Gasteiger partial charge < -0.3 is 4.57 Å². The molecule has 33 heavy (non-hydrogen) atoms. The standard InChI is InChI=1S/C25H23F3N4O/c1-15(2)31-16(3)12-19(17(31)4)14-29-32-23(18-8-7-9-20(13-18)25(26,27)28)30-22-11-6-5-10-21(22)24(32)33/h5-15H,1-4H3. The predicted molar refractivity (Wildman–Crippen MR) is 124 cm³/mol. The average Bonchev–Trinajstić information content (AvgIpc) is 3.05. The first-order chi connectivity index (χ1) is 15.6. The first kappa shape index (κ1) is 22.5. The molecule has 0 saturated carbocycles. The maximum Gasteiger partial charge on any atom is 0.416 e. The Morgan fingerprint density at radius 3 is 2.42 bits per heavy atom. The Balaban J connectivity index is 1.93. The van der Waals surface area contributed by atoms with Crippen molar-refractivity contribution in [2.45, 2.75) is 39.9 Å². The molecule has 0 aliphatic rings. The van der Waals surface area contributed by atoms with Crippen molar-refractivity contribution in [3.8, 4) is 11.4 Å². The second-order valence-electron chi connectivity index (χ2n) is 8.18. The first-order valence-electron chi connectivity index (χ1n) is 10.5. The molecule has 0 bridgehead atoms. The number of hydrogen-bond acceptors (Lipinski definition) is 3. The smallest absolute Gasteiger partial charge is 0.346 e. The first-order valence-corrected chi connectivity index (χ1v) is 10.5. The molecule has 0 radical (unpaired) electrons. The van der Waals surface area contributed by atoms with Crippen LogP contribution in [-0.4, -0.2) is 20.4 Å². The Bertz CT molecular complexity index is 1430. The molecule has 8 heteroatoms. The van der Waals surface area contributed by atoms with Crippen LogP contribution in [0.5, 0.6) is 0 Å². The molecule has 0 atom stereocenters. The second kappa shape index (κ2) is 8.35. The van der Waals surface area contributed by atoms with Crippen LogP contribution >= 0.6 is 0 Å². The molecule has 0 saturated heterocycles. The number of fused-ring (bicyclic) bond motifs is 1. The van der Waals surface area contributed by atoms with Gasteiger partial charge in [-0.3, -0.25) is 4.79 Å². The molecule has 0 spiro atoms. The number of halogens is 3. The fourth-order valence-electron chi connectivity index (χ4n) is 4.10. The van der Waals surface area contributed by atoms with Gasteiger partial charge in [-0.05, 0) is 58.0 Å². The van der Waals surface area contributed by atoms with E-state index in [1.165, 1.54) is 12.1 Å². The van der Waals surface area contributed by atoms with Crippen LogP contribution in [0.15, 0.2) is 64.5 Å². The Morgan fingerprint density at radius 2 is 1.76 bits per heavy atom. The van der Waals surface area contributed by atoms with E-state index in [0.29, 0.717) is 10.9 Å². The van der Waals surface area contributed by atoms with Crippen molar-refractivity contribution in [2.24, 2.45) is 5.10 Å². The van der Waals surface area contributed by atoms with Crippen molar-refractivity contribution < 1.29 is 13.2 Å². The van der Waals surface area contributed by atoms with Crippen molar-refractivity contribution in [1.29, 1.82) is 0 Å². The maximum atomic E-state index is 13.3. The Kier molecular flexibility index (Phi) is 5.69. The van der Waals surface area contributed by atoms with E-state index in [-0.39, 0.29) is 17.4 Å². The van der Waals surface area contributed by atoms with Gasteiger partial charge >= 0.3 is 6.18 Å². The fourth-order valence-corrected chi connectivity index (χ4v) is 4.10. The lowest BCUT2D eigenvalue weighted by Crippen LogP contribution is -2.20. The van der Waals surface area contributed by atoms with E-state index >= 15 is 0 Å². The summed E-state index contributed by atoms with van der Waals surface area (Å²) in [4.78, 5) is 17.8. The van der Waals surface area contributed by atoms with Crippen LogP contribution in [0.25, 0.3) is 22.3 Å². The minimum Gasteiger partial charge on any atom is -0.346 e. The van der Waals surface area contributed by atoms with Crippen LogP contribution in [0.2, 0.25) is 0 Å². The van der Waals surface area contributed by atoms with Crippen LogP contribution in [0.1, 0.15) is 42.4 Å². The molecule has 2 heterocycles. The summed E-state index contributed by atoms with van der Waals surface area (Å²) >= 11 is 0. The van der Waals surface area contributed by atoms with E-state index in [2.05, 4.69) is 28.5 Å². The van der Waals surface area contributed by atoms with Crippen molar-refractivity contribution in [3.63, 3.8) is 0 Å². The van der Waals surface area contributed by atoms with Crippen molar-refractivity contribution in [3.05, 3.63) is 87.5 Å². The highest BCUT2D eigenvalue weighted by Crippen LogP contribution is 2.32. The summed E-state index contributed by atoms with van der Waals surface area (Å²) in [5.41, 5.74) is 2.10. The number of alkyl halides is 3. The van der Waals surface area contributed by atoms with E-state index in [4.69, 9.17) is 0 Å². The minimum atomic E-state index is -4.52. The summed E-state index contributed by atoms with van der Waals surface area (Å²) in [7, 11) is 0. The van der Waals surface area contributed by atoms with Gasteiger partial charge in [0.25, 0.3) is 5.56 Å². The van der Waals surface area contributed by atoms with Crippen LogP contribution < -0.4 is 5.56 Å². The third kappa shape index (κ3) is 4.20. The topological polar surface area (TPSA) is 52.2 Å². The van der Waals surface area contributed by atoms with E-state index in [1.54, 1.807) is 30.5 Å². The van der Waals surface area contributed by atoms with Crippen LogP contribution in [0.3, 0.4) is 0 Å². The summed E-state index contributed by atoms with van der Waals surface area (Å²) < 4.78 is 43.2. The van der Waals surface area contributed by atoms with Crippen LogP contribution in [0.4, 0.5) is 13.2 Å². The highest BCUT2D eigenvalue weighted by Gasteiger charge is 2.31. The Morgan fingerprint density at radius 1 is 1.03 bits per heavy atom. The number of nitrogens with zero attached hydrogens (tertiary/aromatic N) is 4. The summed E-state index contributed by atoms with van der Waals surface area (Å²) in [6.07, 6.45) is -2.97. The largest absolute Gasteiger partial charge is 0.416 e. The molecule has 0 aliphatic heterocycles. The van der Waals surface area contributed by atoms with Gasteiger partial charge in [-0.15, -0.1) is 0 Å². The molecule has 0 amide bonds. The van der Waals surface area contributed by atoms with Gasteiger partial charge in [0.05, 0.1) is 22.7 Å². The average molecular weight is 452 g/mol. The van der Waals surface area contributed by atoms with E-state index < -0.39 is 17.3 Å². The molecule has 0 fully saturated rings. The van der Waals surface area contributed by atoms with Crippen LogP contribution in [0, 0.1) is 13.8 Å². The lowest BCUT2D eigenvalue weighted by molar-refractivity contribution is -0.137. The quantitative estimate of drug-likeness (QED) is 0.359. The third-order valence-electron chi connectivity index (χ3n) is 5.55. The van der Waals surface area contributed by atoms with Gasteiger partial charge in [-0.2, -0.15) is 22.9 Å². The summed E-state index contributed by atoms with van der Waals surface area (Å²) in [5.74, 6) is 0.0405. The lowest BCUT2D eigenvalue weighted by atomic mass is 10.1. The molecule has 2 aromatic carbocycles. The Labute approximate surface area is 188 Å². The van der Waals surface area contributed by atoms with Crippen molar-refractivity contribution in [1.82, 2.24) is 14.2 Å². The zero-order chi connectivity index (χ0) is 23.9. The maximum absolute atomic E-state index is 13.3. The number of aryl methyl sites for hydroxylation is 1. The second-order valence-corrected chi connectivity index (χ2v) is 8.18. The molecule has 0 unspecified atom stereocenters. The zero-order valence-corrected chi connectivity index (χ0v) is 18.7. The van der Waals surface area contributed by atoms with E-state index in [9.17, 15) is 18.0 Å². The third-order valence-corrected chi connectivity index (χ3v) is 5.55. The molecule has 0 aliphatic carbocycles. The Hall–Kier alpha value is -3.68. The zero-order valence-electron chi connectivity index (χ0n) is 18.7. The van der Waals surface area contributed by atoms with E-state index in [1.807, 2.05) is 19.9 Å². The van der Waals surface area contributed by atoms with Gasteiger partial charge in [-0.1, -0.05) is 24.3 Å². The predicted octanol–water partition coefficient (Wildman–Crippen LogP) is 5.96. The van der Waals surface area contributed by atoms with Gasteiger partial charge in [0.1, 0.15) is 0 Å².